The van der Waals surface area contributed by atoms with Gasteiger partial charge in [-0.25, -0.2) is 4.98 Å². The molecule has 9 nitrogen and oxygen atoms in total. The van der Waals surface area contributed by atoms with Crippen LogP contribution in [-0.4, -0.2) is 48.5 Å². The predicted molar refractivity (Wildman–Crippen MR) is 109 cm³/mol. The van der Waals surface area contributed by atoms with E-state index in [1.807, 2.05) is 23.7 Å². The molecule has 3 atom stereocenters. The molecule has 30 heavy (non-hydrogen) atoms. The predicted octanol–water partition coefficient (Wildman–Crippen LogP) is 1.33. The van der Waals surface area contributed by atoms with Crippen LogP contribution in [0.5, 0.6) is 0 Å². The smallest absolute Gasteiger partial charge is 0.255 e. The molecule has 3 aromatic heterocycles. The second kappa shape index (κ2) is 6.65. The lowest BCUT2D eigenvalue weighted by atomic mass is 10.2. The molecule has 0 spiro atoms. The number of amides is 1. The van der Waals surface area contributed by atoms with E-state index >= 15 is 0 Å². The Labute approximate surface area is 174 Å². The van der Waals surface area contributed by atoms with Crippen molar-refractivity contribution in [1.29, 1.82) is 0 Å². The number of hydrogen-bond acceptors (Lipinski definition) is 6. The van der Waals surface area contributed by atoms with Gasteiger partial charge in [-0.15, -0.1) is 5.10 Å². The van der Waals surface area contributed by atoms with Gasteiger partial charge in [0.05, 0.1) is 42.1 Å². The largest absolute Gasteiger partial charge is 0.355 e. The maximum atomic E-state index is 12.7. The van der Waals surface area contributed by atoms with Crippen molar-refractivity contribution >= 4 is 11.7 Å². The van der Waals surface area contributed by atoms with Crippen LogP contribution in [-0.2, 0) is 20.0 Å². The van der Waals surface area contributed by atoms with Gasteiger partial charge in [0.25, 0.3) is 5.91 Å². The lowest BCUT2D eigenvalue weighted by molar-refractivity contribution is 0.0936. The summed E-state index contributed by atoms with van der Waals surface area (Å²) in [7, 11) is 1.99. The van der Waals surface area contributed by atoms with Crippen molar-refractivity contribution in [3.05, 3.63) is 53.5 Å². The fraction of sp³-hybridized carbons (Fsp3) is 0.476. The maximum absolute atomic E-state index is 12.7. The number of nitrogens with one attached hydrogen (secondary N) is 1. The molecule has 1 aliphatic heterocycles. The Balaban J connectivity index is 1.09. The number of nitrogens with zero attached hydrogens (tertiary/aromatic N) is 7. The van der Waals surface area contributed by atoms with Gasteiger partial charge in [0.2, 0.25) is 0 Å². The standard InChI is InChI=1S/C21H24N8O/c1-27-12-22-20-17(3-4-18(20)27)24-21(30)15-7-23-29(10-15)11-16-2-5-19(26-25-16)28-8-13-6-14(13)9-28/h2,5,7,10,12-14,17H,3-4,6,8-9,11H2,1H3,(H,24,30)/t13?,14?,17-/m1/s1. The highest BCUT2D eigenvalue weighted by Gasteiger charge is 2.45. The zero-order chi connectivity index (χ0) is 20.2. The van der Waals surface area contributed by atoms with Crippen LogP contribution in [0.15, 0.2) is 30.9 Å². The zero-order valence-corrected chi connectivity index (χ0v) is 16.9. The molecule has 3 aliphatic rings. The Bertz CT molecular complexity index is 1090. The molecule has 1 saturated heterocycles. The van der Waals surface area contributed by atoms with Gasteiger partial charge in [0.15, 0.2) is 5.82 Å². The number of hydrogen-bond donors (Lipinski definition) is 1. The van der Waals surface area contributed by atoms with E-state index in [9.17, 15) is 4.79 Å². The van der Waals surface area contributed by atoms with Crippen molar-refractivity contribution in [2.45, 2.75) is 31.8 Å². The van der Waals surface area contributed by atoms with Gasteiger partial charge in [-0.05, 0) is 43.2 Å². The number of rotatable bonds is 5. The summed E-state index contributed by atoms with van der Waals surface area (Å²) in [4.78, 5) is 19.4. The highest BCUT2D eigenvalue weighted by Crippen LogP contribution is 2.45. The summed E-state index contributed by atoms with van der Waals surface area (Å²) < 4.78 is 3.75. The number of carbonyl (C=O) groups is 1. The normalized spacial score (nSPS) is 24.0. The van der Waals surface area contributed by atoms with Crippen LogP contribution in [0.2, 0.25) is 0 Å². The summed E-state index contributed by atoms with van der Waals surface area (Å²) in [6.45, 7) is 2.70. The Kier molecular flexibility index (Phi) is 3.90. The SMILES string of the molecule is Cn1cnc2c1CC[C@H]2NC(=O)c1cnn(Cc2ccc(N3CC4CC4C3)nn2)c1. The van der Waals surface area contributed by atoms with Crippen molar-refractivity contribution in [3.8, 4) is 0 Å². The van der Waals surface area contributed by atoms with Crippen LogP contribution >= 0.6 is 0 Å². The molecule has 154 valence electrons. The topological polar surface area (TPSA) is 93.8 Å². The number of carbonyl (C=O) groups excluding carboxylic acids is 1. The first-order chi connectivity index (χ1) is 14.6. The van der Waals surface area contributed by atoms with Crippen LogP contribution in [0.25, 0.3) is 0 Å². The molecule has 1 amide bonds. The summed E-state index contributed by atoms with van der Waals surface area (Å²) in [6.07, 6.45) is 8.35. The molecule has 6 rings (SSSR count). The Morgan fingerprint density at radius 3 is 2.90 bits per heavy atom. The second-order valence-electron chi connectivity index (χ2n) is 8.72. The molecule has 3 aromatic rings. The number of piperidine rings is 1. The third kappa shape index (κ3) is 3.05. The third-order valence-electron chi connectivity index (χ3n) is 6.62. The highest BCUT2D eigenvalue weighted by atomic mass is 16.1. The average Bonchev–Trinajstić information content (AvgIpc) is 3.21. The first-order valence-corrected chi connectivity index (χ1v) is 10.5. The molecule has 4 heterocycles. The van der Waals surface area contributed by atoms with Crippen LogP contribution in [0.1, 0.15) is 46.3 Å². The summed E-state index contributed by atoms with van der Waals surface area (Å²) in [5.74, 6) is 2.57. The van der Waals surface area contributed by atoms with E-state index in [0.717, 1.165) is 55.0 Å². The first kappa shape index (κ1) is 17.6. The van der Waals surface area contributed by atoms with Crippen molar-refractivity contribution < 1.29 is 4.79 Å². The van der Waals surface area contributed by atoms with Gasteiger partial charge < -0.3 is 14.8 Å². The molecular formula is C21H24N8O. The van der Waals surface area contributed by atoms with Crippen molar-refractivity contribution in [3.63, 3.8) is 0 Å². The monoisotopic (exact) mass is 404 g/mol. The number of imidazole rings is 1. The highest BCUT2D eigenvalue weighted by molar-refractivity contribution is 5.94. The maximum Gasteiger partial charge on any atom is 0.255 e. The minimum atomic E-state index is -0.126. The van der Waals surface area contributed by atoms with E-state index in [0.29, 0.717) is 12.1 Å². The molecule has 2 fully saturated rings. The first-order valence-electron chi connectivity index (χ1n) is 10.5. The second-order valence-corrected chi connectivity index (χ2v) is 8.72. The molecule has 0 radical (unpaired) electrons. The van der Waals surface area contributed by atoms with Crippen molar-refractivity contribution in [2.24, 2.45) is 18.9 Å². The Hall–Kier alpha value is -3.23. The molecule has 9 heteroatoms. The average molecular weight is 404 g/mol. The molecule has 0 bridgehead atoms. The van der Waals surface area contributed by atoms with E-state index in [4.69, 9.17) is 0 Å². The van der Waals surface area contributed by atoms with Crippen LogP contribution in [0.4, 0.5) is 5.82 Å². The van der Waals surface area contributed by atoms with E-state index in [1.165, 1.54) is 12.1 Å². The summed E-state index contributed by atoms with van der Waals surface area (Å²) in [5, 5.41) is 16.2. The lowest BCUT2D eigenvalue weighted by Gasteiger charge is -2.18. The van der Waals surface area contributed by atoms with Crippen LogP contribution in [0.3, 0.4) is 0 Å². The quantitative estimate of drug-likeness (QED) is 0.690. The summed E-state index contributed by atoms with van der Waals surface area (Å²) in [6, 6.07) is 4.00. The molecular weight excluding hydrogens is 380 g/mol. The molecule has 1 N–H and O–H groups in total. The minimum absolute atomic E-state index is 0.0351. The van der Waals surface area contributed by atoms with Gasteiger partial charge in [-0.3, -0.25) is 9.48 Å². The molecule has 1 saturated carbocycles. The lowest BCUT2D eigenvalue weighted by Crippen LogP contribution is -2.27. The van der Waals surface area contributed by atoms with E-state index in [-0.39, 0.29) is 11.9 Å². The molecule has 2 unspecified atom stereocenters. The summed E-state index contributed by atoms with van der Waals surface area (Å²) >= 11 is 0. The van der Waals surface area contributed by atoms with E-state index < -0.39 is 0 Å². The molecule has 0 aromatic carbocycles. The van der Waals surface area contributed by atoms with Crippen molar-refractivity contribution in [2.75, 3.05) is 18.0 Å². The molecule has 2 aliphatic carbocycles. The van der Waals surface area contributed by atoms with Gasteiger partial charge >= 0.3 is 0 Å². The zero-order valence-electron chi connectivity index (χ0n) is 16.9. The Morgan fingerprint density at radius 2 is 2.10 bits per heavy atom. The minimum Gasteiger partial charge on any atom is -0.355 e. The van der Waals surface area contributed by atoms with Gasteiger partial charge in [-0.2, -0.15) is 10.2 Å². The number of aromatic nitrogens is 6. The van der Waals surface area contributed by atoms with Crippen LogP contribution < -0.4 is 10.2 Å². The van der Waals surface area contributed by atoms with Gasteiger partial charge in [0, 0.05) is 32.0 Å². The number of anilines is 1. The number of aryl methyl sites for hydroxylation is 1. The number of fused-ring (bicyclic) bond motifs is 2. The van der Waals surface area contributed by atoms with E-state index in [2.05, 4.69) is 30.5 Å². The van der Waals surface area contributed by atoms with Crippen molar-refractivity contribution in [1.82, 2.24) is 34.8 Å². The summed E-state index contributed by atoms with van der Waals surface area (Å²) in [5.41, 5.74) is 3.54. The fourth-order valence-electron chi connectivity index (χ4n) is 4.79. The van der Waals surface area contributed by atoms with Gasteiger partial charge in [-0.1, -0.05) is 0 Å². The fourth-order valence-corrected chi connectivity index (χ4v) is 4.79. The van der Waals surface area contributed by atoms with Crippen LogP contribution in [0, 0.1) is 11.8 Å². The third-order valence-corrected chi connectivity index (χ3v) is 6.62. The van der Waals surface area contributed by atoms with Gasteiger partial charge in [0.1, 0.15) is 0 Å². The Morgan fingerprint density at radius 1 is 1.23 bits per heavy atom. The van der Waals surface area contributed by atoms with E-state index in [1.54, 1.807) is 23.4 Å².